The molecule has 2 fully saturated rings. The van der Waals surface area contributed by atoms with Gasteiger partial charge in [-0.25, -0.2) is 0 Å². The molecule has 2 aliphatic heterocycles. The van der Waals surface area contributed by atoms with Crippen LogP contribution in [0.15, 0.2) is 48.5 Å². The van der Waals surface area contributed by atoms with E-state index in [0.717, 1.165) is 36.1 Å². The van der Waals surface area contributed by atoms with Gasteiger partial charge in [-0.1, -0.05) is 36.4 Å². The van der Waals surface area contributed by atoms with Crippen LogP contribution in [0, 0.1) is 0 Å². The summed E-state index contributed by atoms with van der Waals surface area (Å²) in [6.07, 6.45) is -3.16. The van der Waals surface area contributed by atoms with Gasteiger partial charge in [-0.3, -0.25) is 9.69 Å². The largest absolute Gasteiger partial charge is 0.395 e. The fraction of sp³-hybridized carbons (Fsp3) is 0.519. The minimum Gasteiger partial charge on any atom is -0.395 e. The lowest BCUT2D eigenvalue weighted by molar-refractivity contribution is -0.140. The van der Waals surface area contributed by atoms with Crippen molar-refractivity contribution in [3.05, 3.63) is 59.7 Å². The Hall–Kier alpha value is -2.42. The van der Waals surface area contributed by atoms with Crippen molar-refractivity contribution in [1.82, 2.24) is 14.7 Å². The number of hydrogen-bond donors (Lipinski definition) is 1. The molecule has 2 aliphatic rings. The molecule has 8 heteroatoms. The van der Waals surface area contributed by atoms with E-state index < -0.39 is 12.6 Å². The van der Waals surface area contributed by atoms with Crippen molar-refractivity contribution in [3.8, 4) is 11.1 Å². The summed E-state index contributed by atoms with van der Waals surface area (Å²) in [5.41, 5.74) is 3.65. The molecule has 0 aromatic heterocycles. The molecule has 190 valence electrons. The molecule has 1 N–H and O–H groups in total. The van der Waals surface area contributed by atoms with Gasteiger partial charge in [-0.2, -0.15) is 13.2 Å². The average molecular weight is 490 g/mol. The number of aliphatic hydroxyl groups excluding tert-OH is 1. The van der Waals surface area contributed by atoms with Crippen molar-refractivity contribution in [2.75, 3.05) is 46.9 Å². The van der Waals surface area contributed by atoms with Crippen molar-refractivity contribution in [3.63, 3.8) is 0 Å². The Labute approximate surface area is 205 Å². The minimum atomic E-state index is -4.15. The predicted octanol–water partition coefficient (Wildman–Crippen LogP) is 4.23. The molecule has 0 spiro atoms. The van der Waals surface area contributed by atoms with Gasteiger partial charge in [-0.15, -0.1) is 0 Å². The Balaban J connectivity index is 1.52. The summed E-state index contributed by atoms with van der Waals surface area (Å²) in [6.45, 7) is 2.17. The van der Waals surface area contributed by atoms with Gasteiger partial charge in [0.1, 0.15) is 0 Å². The van der Waals surface area contributed by atoms with E-state index >= 15 is 0 Å². The Bertz CT molecular complexity index is 1010. The van der Waals surface area contributed by atoms with Gasteiger partial charge in [0.25, 0.3) is 5.91 Å². The lowest BCUT2D eigenvalue weighted by Gasteiger charge is -2.57. The number of rotatable bonds is 6. The maximum atomic E-state index is 12.8. The molecule has 5 nitrogen and oxygen atoms in total. The van der Waals surface area contributed by atoms with Gasteiger partial charge in [0, 0.05) is 50.7 Å². The number of benzene rings is 2. The van der Waals surface area contributed by atoms with E-state index in [9.17, 15) is 23.1 Å². The van der Waals surface area contributed by atoms with Gasteiger partial charge >= 0.3 is 6.18 Å². The SMILES string of the molecule is CN(C)C(=O)c1cccc(-c2ccc([C@@H]3[C@@H](CO)N4CCCCN(CCC(F)(F)F)C[C@@H]34)cc2)c1. The van der Waals surface area contributed by atoms with Crippen molar-refractivity contribution < 1.29 is 23.1 Å². The van der Waals surface area contributed by atoms with Crippen LogP contribution in [0.5, 0.6) is 0 Å². The summed E-state index contributed by atoms with van der Waals surface area (Å²) in [7, 11) is 3.45. The Morgan fingerprint density at radius 3 is 2.43 bits per heavy atom. The fourth-order valence-corrected chi connectivity index (χ4v) is 5.49. The molecule has 0 bridgehead atoms. The number of alkyl halides is 3. The third kappa shape index (κ3) is 5.88. The molecule has 2 aromatic carbocycles. The van der Waals surface area contributed by atoms with Crippen LogP contribution in [0.3, 0.4) is 0 Å². The lowest BCUT2D eigenvalue weighted by Crippen LogP contribution is -2.67. The summed E-state index contributed by atoms with van der Waals surface area (Å²) in [5, 5.41) is 10.1. The first-order valence-corrected chi connectivity index (χ1v) is 12.3. The van der Waals surface area contributed by atoms with Gasteiger partial charge < -0.3 is 14.9 Å². The van der Waals surface area contributed by atoms with E-state index in [4.69, 9.17) is 0 Å². The van der Waals surface area contributed by atoms with Crippen LogP contribution in [0.2, 0.25) is 0 Å². The second-order valence-corrected chi connectivity index (χ2v) is 9.86. The Morgan fingerprint density at radius 2 is 1.77 bits per heavy atom. The van der Waals surface area contributed by atoms with Gasteiger partial charge in [0.15, 0.2) is 0 Å². The number of fused-ring (bicyclic) bond motifs is 1. The first-order valence-electron chi connectivity index (χ1n) is 12.3. The average Bonchev–Trinajstić information content (AvgIpc) is 2.81. The zero-order chi connectivity index (χ0) is 25.2. The molecule has 4 rings (SSSR count). The third-order valence-corrected chi connectivity index (χ3v) is 7.31. The number of amides is 1. The second kappa shape index (κ2) is 10.7. The van der Waals surface area contributed by atoms with E-state index in [1.807, 2.05) is 35.2 Å². The summed E-state index contributed by atoms with van der Waals surface area (Å²) < 4.78 is 38.5. The van der Waals surface area contributed by atoms with Gasteiger partial charge in [-0.05, 0) is 54.8 Å². The molecule has 0 radical (unpaired) electrons. The smallest absolute Gasteiger partial charge is 0.390 e. The van der Waals surface area contributed by atoms with E-state index in [2.05, 4.69) is 17.0 Å². The maximum Gasteiger partial charge on any atom is 0.390 e. The van der Waals surface area contributed by atoms with E-state index in [1.54, 1.807) is 25.1 Å². The van der Waals surface area contributed by atoms with Gasteiger partial charge in [0.05, 0.1) is 13.0 Å². The number of carbonyl (C=O) groups is 1. The highest BCUT2D eigenvalue weighted by atomic mass is 19.4. The van der Waals surface area contributed by atoms with Crippen molar-refractivity contribution in [2.45, 2.75) is 43.4 Å². The second-order valence-electron chi connectivity index (χ2n) is 9.86. The monoisotopic (exact) mass is 489 g/mol. The zero-order valence-corrected chi connectivity index (χ0v) is 20.3. The number of hydrogen-bond acceptors (Lipinski definition) is 4. The van der Waals surface area contributed by atoms with Gasteiger partial charge in [0.2, 0.25) is 0 Å². The van der Waals surface area contributed by atoms with Crippen LogP contribution in [0.4, 0.5) is 13.2 Å². The summed E-state index contributed by atoms with van der Waals surface area (Å²) in [5.74, 6) is 0.0189. The zero-order valence-electron chi connectivity index (χ0n) is 20.3. The van der Waals surface area contributed by atoms with Crippen LogP contribution >= 0.6 is 0 Å². The number of halogens is 3. The van der Waals surface area contributed by atoms with E-state index in [0.29, 0.717) is 18.7 Å². The quantitative estimate of drug-likeness (QED) is 0.660. The summed E-state index contributed by atoms with van der Waals surface area (Å²) in [4.78, 5) is 18.1. The summed E-state index contributed by atoms with van der Waals surface area (Å²) in [6, 6.07) is 15.7. The molecule has 0 saturated carbocycles. The Morgan fingerprint density at radius 1 is 1.06 bits per heavy atom. The molecule has 1 amide bonds. The first kappa shape index (κ1) is 25.7. The van der Waals surface area contributed by atoms with E-state index in [-0.39, 0.29) is 37.1 Å². The standard InChI is InChI=1S/C27H34F3N3O2/c1-31(2)26(35)22-7-5-6-21(16-22)19-8-10-20(11-9-19)25-23-17-32(15-12-27(28,29)30)13-3-4-14-33(23)24(25)18-34/h5-11,16,23-25,34H,3-4,12-15,17-18H2,1-2H3/t23-,24+,25-/m0/s1. The molecular formula is C27H34F3N3O2. The topological polar surface area (TPSA) is 47.0 Å². The minimum absolute atomic E-state index is 0.0190. The highest BCUT2D eigenvalue weighted by Gasteiger charge is 2.49. The summed E-state index contributed by atoms with van der Waals surface area (Å²) >= 11 is 0. The normalized spacial score (nSPS) is 23.7. The van der Waals surface area contributed by atoms with Crippen LogP contribution in [0.1, 0.15) is 41.1 Å². The Kier molecular flexibility index (Phi) is 7.83. The molecule has 2 heterocycles. The van der Waals surface area contributed by atoms with Crippen LogP contribution in [-0.4, -0.2) is 90.9 Å². The predicted molar refractivity (Wildman–Crippen MR) is 130 cm³/mol. The van der Waals surface area contributed by atoms with Crippen LogP contribution in [0.25, 0.3) is 11.1 Å². The van der Waals surface area contributed by atoms with E-state index in [1.165, 1.54) is 0 Å². The first-order chi connectivity index (χ1) is 16.7. The molecule has 2 saturated heterocycles. The maximum absolute atomic E-state index is 12.8. The van der Waals surface area contributed by atoms with Crippen molar-refractivity contribution in [1.29, 1.82) is 0 Å². The molecule has 0 unspecified atom stereocenters. The highest BCUT2D eigenvalue weighted by Crippen LogP contribution is 2.42. The lowest BCUT2D eigenvalue weighted by atomic mass is 9.74. The van der Waals surface area contributed by atoms with Crippen LogP contribution < -0.4 is 0 Å². The van der Waals surface area contributed by atoms with Crippen molar-refractivity contribution >= 4 is 5.91 Å². The number of aliphatic hydroxyl groups is 1. The van der Waals surface area contributed by atoms with Crippen molar-refractivity contribution in [2.24, 2.45) is 0 Å². The molecule has 0 aliphatic carbocycles. The molecule has 3 atom stereocenters. The molecule has 2 aromatic rings. The number of nitrogens with zero attached hydrogens (tertiary/aromatic N) is 3. The third-order valence-electron chi connectivity index (χ3n) is 7.31. The molecular weight excluding hydrogens is 455 g/mol. The van der Waals surface area contributed by atoms with Crippen LogP contribution in [-0.2, 0) is 0 Å². The number of carbonyl (C=O) groups excluding carboxylic acids is 1. The molecule has 35 heavy (non-hydrogen) atoms. The highest BCUT2D eigenvalue weighted by molar-refractivity contribution is 5.95. The fourth-order valence-electron chi connectivity index (χ4n) is 5.49.